The average molecular weight is 301 g/mol. The van der Waals surface area contributed by atoms with Crippen LogP contribution in [0.3, 0.4) is 0 Å². The van der Waals surface area contributed by atoms with E-state index in [-0.39, 0.29) is 0 Å². The van der Waals surface area contributed by atoms with Gasteiger partial charge in [0.25, 0.3) is 0 Å². The fraction of sp³-hybridized carbons (Fsp3) is 1.00. The average Bonchev–Trinajstić information content (AvgIpc) is 2.91. The molecule has 1 rings (SSSR count). The third-order valence-electron chi connectivity index (χ3n) is 4.81. The Morgan fingerprint density at radius 1 is 1.19 bits per heavy atom. The Bertz CT molecular complexity index is 235. The van der Waals surface area contributed by atoms with Crippen molar-refractivity contribution in [1.29, 1.82) is 0 Å². The maximum Gasteiger partial charge on any atom is 0.00795 e. The summed E-state index contributed by atoms with van der Waals surface area (Å²) < 4.78 is 0. The first-order chi connectivity index (χ1) is 9.99. The van der Waals surface area contributed by atoms with Gasteiger partial charge in [0.05, 0.1) is 0 Å². The van der Waals surface area contributed by atoms with Gasteiger partial charge in [0.1, 0.15) is 0 Å². The molecule has 4 nitrogen and oxygen atoms in total. The molecule has 4 atom stereocenters. The van der Waals surface area contributed by atoms with Crippen molar-refractivity contribution in [1.82, 2.24) is 20.9 Å². The number of rotatable bonds is 8. The highest BCUT2D eigenvalue weighted by molar-refractivity contribution is 4.80. The molecule has 1 saturated heterocycles. The summed E-state index contributed by atoms with van der Waals surface area (Å²) >= 11 is 0. The lowest BCUT2D eigenvalue weighted by Gasteiger charge is -2.21. The molecular weight excluding hydrogens is 260 g/mol. The van der Waals surface area contributed by atoms with Crippen LogP contribution in [0.4, 0.5) is 0 Å². The minimum atomic E-state index is 0.623. The number of hydrogen-bond acceptors (Lipinski definition) is 4. The molecule has 0 bridgehead atoms. The first-order valence-electron chi connectivity index (χ1n) is 8.73. The van der Waals surface area contributed by atoms with Crippen LogP contribution in [-0.2, 0) is 0 Å². The van der Waals surface area contributed by atoms with E-state index in [4.69, 9.17) is 0 Å². The molecule has 0 aromatic heterocycles. The second-order valence-corrected chi connectivity index (χ2v) is 6.46. The number of likely N-dealkylation sites (tertiary alicyclic amines) is 1. The smallest absolute Gasteiger partial charge is 0.00795 e. The van der Waals surface area contributed by atoms with Crippen LogP contribution in [0.5, 0.6) is 0 Å². The normalized spacial score (nSPS) is 23.3. The third-order valence-corrected chi connectivity index (χ3v) is 4.81. The Hall–Kier alpha value is -0.160. The highest BCUT2D eigenvalue weighted by Gasteiger charge is 2.23. The summed E-state index contributed by atoms with van der Waals surface area (Å²) in [5, 5.41) is 9.94. The van der Waals surface area contributed by atoms with Crippen molar-refractivity contribution >= 4 is 0 Å². The van der Waals surface area contributed by atoms with Crippen LogP contribution in [0, 0.1) is 11.8 Å². The topological polar surface area (TPSA) is 39.3 Å². The van der Waals surface area contributed by atoms with E-state index in [2.05, 4.69) is 55.6 Å². The highest BCUT2D eigenvalue weighted by atomic mass is 15.1. The standard InChI is InChI=1S/C9H20N2.C8H20N2/c1-4-10-8(2)9-5-6-11(3)7-9;1-5-8(6-9-3)7(2)10-4/h8-10H,4-7H2,1-3H3;7-10H,5-6H2,1-4H3. The zero-order valence-corrected chi connectivity index (χ0v) is 15.5. The number of nitrogens with one attached hydrogen (secondary N) is 3. The summed E-state index contributed by atoms with van der Waals surface area (Å²) in [7, 11) is 6.23. The van der Waals surface area contributed by atoms with Gasteiger partial charge < -0.3 is 20.9 Å². The summed E-state index contributed by atoms with van der Waals surface area (Å²) in [6.07, 6.45) is 2.60. The van der Waals surface area contributed by atoms with Gasteiger partial charge in [0.2, 0.25) is 0 Å². The van der Waals surface area contributed by atoms with Gasteiger partial charge in [-0.2, -0.15) is 0 Å². The lowest BCUT2D eigenvalue weighted by atomic mass is 9.99. The molecule has 0 aromatic rings. The second-order valence-electron chi connectivity index (χ2n) is 6.46. The van der Waals surface area contributed by atoms with E-state index in [0.29, 0.717) is 12.1 Å². The summed E-state index contributed by atoms with van der Waals surface area (Å²) in [6, 6.07) is 1.32. The van der Waals surface area contributed by atoms with Crippen molar-refractivity contribution in [3.05, 3.63) is 0 Å². The van der Waals surface area contributed by atoms with Gasteiger partial charge in [0, 0.05) is 18.6 Å². The van der Waals surface area contributed by atoms with E-state index in [1.165, 1.54) is 25.9 Å². The summed E-state index contributed by atoms with van der Waals surface area (Å²) in [6.45, 7) is 13.7. The monoisotopic (exact) mass is 300 g/mol. The van der Waals surface area contributed by atoms with Gasteiger partial charge in [0.15, 0.2) is 0 Å². The summed E-state index contributed by atoms with van der Waals surface area (Å²) in [5.74, 6) is 1.63. The molecule has 0 radical (unpaired) electrons. The van der Waals surface area contributed by atoms with E-state index in [1.807, 2.05) is 14.1 Å². The fourth-order valence-electron chi connectivity index (χ4n) is 3.04. The predicted molar refractivity (Wildman–Crippen MR) is 95.0 cm³/mol. The predicted octanol–water partition coefficient (Wildman–Crippen LogP) is 1.78. The van der Waals surface area contributed by atoms with Gasteiger partial charge >= 0.3 is 0 Å². The van der Waals surface area contributed by atoms with Gasteiger partial charge in [-0.05, 0) is 72.9 Å². The molecule has 0 spiro atoms. The van der Waals surface area contributed by atoms with Crippen molar-refractivity contribution in [3.8, 4) is 0 Å². The Labute approximate surface area is 133 Å². The SMILES string of the molecule is CCC(CNC)C(C)NC.CCNC(C)C1CCN(C)C1. The van der Waals surface area contributed by atoms with Crippen LogP contribution in [0.1, 0.15) is 40.5 Å². The Balaban J connectivity index is 0.000000384. The van der Waals surface area contributed by atoms with Gasteiger partial charge in [-0.1, -0.05) is 20.3 Å². The van der Waals surface area contributed by atoms with Crippen LogP contribution in [0.2, 0.25) is 0 Å². The fourth-order valence-corrected chi connectivity index (χ4v) is 3.04. The molecule has 4 unspecified atom stereocenters. The zero-order valence-electron chi connectivity index (χ0n) is 15.5. The molecule has 1 fully saturated rings. The number of nitrogens with zero attached hydrogens (tertiary/aromatic N) is 1. The Kier molecular flexibility index (Phi) is 12.3. The maximum absolute atomic E-state index is 3.48. The van der Waals surface area contributed by atoms with Crippen molar-refractivity contribution < 1.29 is 0 Å². The minimum absolute atomic E-state index is 0.623. The van der Waals surface area contributed by atoms with Crippen LogP contribution in [0.25, 0.3) is 0 Å². The quantitative estimate of drug-likeness (QED) is 0.639. The van der Waals surface area contributed by atoms with Crippen molar-refractivity contribution in [3.63, 3.8) is 0 Å². The first-order valence-corrected chi connectivity index (χ1v) is 8.73. The van der Waals surface area contributed by atoms with Gasteiger partial charge in [-0.25, -0.2) is 0 Å². The van der Waals surface area contributed by atoms with E-state index in [9.17, 15) is 0 Å². The Morgan fingerprint density at radius 2 is 1.86 bits per heavy atom. The first kappa shape index (κ1) is 20.8. The molecule has 1 aliphatic heterocycles. The molecule has 0 aromatic carbocycles. The third kappa shape index (κ3) is 8.77. The van der Waals surface area contributed by atoms with Gasteiger partial charge in [-0.15, -0.1) is 0 Å². The van der Waals surface area contributed by atoms with E-state index in [0.717, 1.165) is 24.9 Å². The minimum Gasteiger partial charge on any atom is -0.319 e. The maximum atomic E-state index is 3.48. The van der Waals surface area contributed by atoms with Crippen molar-refractivity contribution in [2.75, 3.05) is 47.3 Å². The molecule has 0 aliphatic carbocycles. The van der Waals surface area contributed by atoms with Crippen molar-refractivity contribution in [2.45, 2.75) is 52.6 Å². The summed E-state index contributed by atoms with van der Waals surface area (Å²) in [4.78, 5) is 2.42. The molecule has 3 N–H and O–H groups in total. The van der Waals surface area contributed by atoms with Crippen molar-refractivity contribution in [2.24, 2.45) is 11.8 Å². The lowest BCUT2D eigenvalue weighted by molar-refractivity contribution is 0.351. The molecule has 4 heteroatoms. The summed E-state index contributed by atoms with van der Waals surface area (Å²) in [5.41, 5.74) is 0. The Morgan fingerprint density at radius 3 is 2.24 bits per heavy atom. The largest absolute Gasteiger partial charge is 0.319 e. The van der Waals surface area contributed by atoms with Crippen LogP contribution < -0.4 is 16.0 Å². The molecule has 21 heavy (non-hydrogen) atoms. The van der Waals surface area contributed by atoms with Crippen LogP contribution in [-0.4, -0.2) is 64.3 Å². The molecule has 128 valence electrons. The number of hydrogen-bond donors (Lipinski definition) is 3. The molecule has 1 heterocycles. The van der Waals surface area contributed by atoms with Crippen LogP contribution >= 0.6 is 0 Å². The van der Waals surface area contributed by atoms with E-state index < -0.39 is 0 Å². The van der Waals surface area contributed by atoms with Gasteiger partial charge in [-0.3, -0.25) is 0 Å². The van der Waals surface area contributed by atoms with E-state index >= 15 is 0 Å². The second kappa shape index (κ2) is 12.4. The molecule has 0 amide bonds. The van der Waals surface area contributed by atoms with Crippen LogP contribution in [0.15, 0.2) is 0 Å². The molecule has 1 aliphatic rings. The highest BCUT2D eigenvalue weighted by Crippen LogP contribution is 2.17. The lowest BCUT2D eigenvalue weighted by Crippen LogP contribution is -2.35. The zero-order chi connectivity index (χ0) is 16.3. The van der Waals surface area contributed by atoms with E-state index in [1.54, 1.807) is 0 Å². The molecular formula is C17H40N4. The molecule has 0 saturated carbocycles.